The van der Waals surface area contributed by atoms with Crippen molar-refractivity contribution in [3.8, 4) is 0 Å². The summed E-state index contributed by atoms with van der Waals surface area (Å²) in [6.45, 7) is 0.533. The van der Waals surface area contributed by atoms with Gasteiger partial charge in [-0.3, -0.25) is 4.79 Å². The third-order valence-electron chi connectivity index (χ3n) is 2.66. The van der Waals surface area contributed by atoms with Crippen LogP contribution in [0, 0.1) is 0 Å². The van der Waals surface area contributed by atoms with Crippen LogP contribution in [0.1, 0.15) is 25.7 Å². The van der Waals surface area contributed by atoms with Crippen molar-refractivity contribution in [2.75, 3.05) is 13.2 Å². The molecule has 6 nitrogen and oxygen atoms in total. The van der Waals surface area contributed by atoms with Crippen molar-refractivity contribution in [1.29, 1.82) is 0 Å². The minimum Gasteiger partial charge on any atom is -0.480 e. The maximum Gasteiger partial charge on any atom is 0.326 e. The van der Waals surface area contributed by atoms with Gasteiger partial charge in [-0.15, -0.1) is 0 Å². The molecule has 4 N–H and O–H groups in total. The molecular weight excluding hydrogens is 212 g/mol. The first-order valence-corrected chi connectivity index (χ1v) is 5.52. The third kappa shape index (κ3) is 3.79. The Bertz CT molecular complexity index is 251. The summed E-state index contributed by atoms with van der Waals surface area (Å²) in [5.41, 5.74) is 0. The van der Waals surface area contributed by atoms with E-state index in [-0.39, 0.29) is 25.0 Å². The van der Waals surface area contributed by atoms with Crippen LogP contribution in [0.3, 0.4) is 0 Å². The zero-order valence-corrected chi connectivity index (χ0v) is 9.11. The molecule has 1 saturated heterocycles. The van der Waals surface area contributed by atoms with E-state index in [2.05, 4.69) is 10.6 Å². The number of carboxylic acid groups (broad SMARTS) is 1. The summed E-state index contributed by atoms with van der Waals surface area (Å²) in [5.74, 6) is -1.40. The highest BCUT2D eigenvalue weighted by atomic mass is 16.4. The second-order valence-corrected chi connectivity index (χ2v) is 3.91. The van der Waals surface area contributed by atoms with E-state index in [4.69, 9.17) is 10.2 Å². The Morgan fingerprint density at radius 3 is 2.69 bits per heavy atom. The van der Waals surface area contributed by atoms with E-state index in [1.807, 2.05) is 0 Å². The molecule has 0 unspecified atom stereocenters. The van der Waals surface area contributed by atoms with Crippen molar-refractivity contribution < 1.29 is 19.8 Å². The number of amides is 1. The van der Waals surface area contributed by atoms with Gasteiger partial charge in [0.05, 0.1) is 6.04 Å². The highest BCUT2D eigenvalue weighted by molar-refractivity contribution is 5.86. The highest BCUT2D eigenvalue weighted by Crippen LogP contribution is 2.07. The number of piperidine rings is 1. The van der Waals surface area contributed by atoms with E-state index in [0.717, 1.165) is 25.8 Å². The number of hydrogen-bond acceptors (Lipinski definition) is 4. The summed E-state index contributed by atoms with van der Waals surface area (Å²) in [6.07, 6.45) is 2.79. The van der Waals surface area contributed by atoms with Crippen molar-refractivity contribution in [1.82, 2.24) is 10.6 Å². The lowest BCUT2D eigenvalue weighted by atomic mass is 10.0. The number of nitrogens with one attached hydrogen (secondary N) is 2. The quantitative estimate of drug-likeness (QED) is 0.489. The molecule has 0 aromatic rings. The van der Waals surface area contributed by atoms with Gasteiger partial charge in [-0.05, 0) is 19.4 Å². The van der Waals surface area contributed by atoms with Gasteiger partial charge in [-0.1, -0.05) is 6.42 Å². The first-order valence-electron chi connectivity index (χ1n) is 5.52. The number of aliphatic hydroxyl groups excluding tert-OH is 1. The summed E-state index contributed by atoms with van der Waals surface area (Å²) >= 11 is 0. The molecule has 0 bridgehead atoms. The largest absolute Gasteiger partial charge is 0.480 e. The topological polar surface area (TPSA) is 98.7 Å². The molecule has 1 amide bonds. The molecule has 0 aromatic carbocycles. The van der Waals surface area contributed by atoms with Gasteiger partial charge in [-0.25, -0.2) is 4.79 Å². The molecule has 6 heteroatoms. The number of rotatable bonds is 5. The SMILES string of the molecule is O=C(O)[C@@H](CCO)NC(=O)[C@H]1CCCCN1. The van der Waals surface area contributed by atoms with Crippen LogP contribution in [0.4, 0.5) is 0 Å². The predicted octanol–water partition coefficient (Wildman–Crippen LogP) is -0.920. The number of aliphatic carboxylic acids is 1. The van der Waals surface area contributed by atoms with E-state index < -0.39 is 12.0 Å². The monoisotopic (exact) mass is 230 g/mol. The Kier molecular flexibility index (Phi) is 5.21. The average molecular weight is 230 g/mol. The molecule has 92 valence electrons. The second-order valence-electron chi connectivity index (χ2n) is 3.91. The van der Waals surface area contributed by atoms with Gasteiger partial charge in [0.2, 0.25) is 5.91 Å². The van der Waals surface area contributed by atoms with E-state index in [0.29, 0.717) is 0 Å². The average Bonchev–Trinajstić information content (AvgIpc) is 2.29. The lowest BCUT2D eigenvalue weighted by molar-refractivity contribution is -0.142. The maximum absolute atomic E-state index is 11.7. The van der Waals surface area contributed by atoms with Crippen molar-refractivity contribution in [2.24, 2.45) is 0 Å². The number of hydrogen-bond donors (Lipinski definition) is 4. The van der Waals surface area contributed by atoms with Crippen molar-refractivity contribution >= 4 is 11.9 Å². The normalized spacial score (nSPS) is 22.4. The molecule has 0 radical (unpaired) electrons. The number of aliphatic hydroxyl groups is 1. The fraction of sp³-hybridized carbons (Fsp3) is 0.800. The zero-order chi connectivity index (χ0) is 12.0. The van der Waals surface area contributed by atoms with Crippen LogP contribution < -0.4 is 10.6 Å². The standard InChI is InChI=1S/C10H18N2O4/c13-6-4-8(10(15)16)12-9(14)7-3-1-2-5-11-7/h7-8,11,13H,1-6H2,(H,12,14)(H,15,16)/t7-,8-/m1/s1. The van der Waals surface area contributed by atoms with Crippen molar-refractivity contribution in [2.45, 2.75) is 37.8 Å². The number of carboxylic acids is 1. The molecule has 0 spiro atoms. The van der Waals surface area contributed by atoms with Gasteiger partial charge in [0.15, 0.2) is 0 Å². The van der Waals surface area contributed by atoms with Crippen LogP contribution in [0.25, 0.3) is 0 Å². The van der Waals surface area contributed by atoms with E-state index >= 15 is 0 Å². The van der Waals surface area contributed by atoms with E-state index in [1.165, 1.54) is 0 Å². The van der Waals surface area contributed by atoms with Crippen molar-refractivity contribution in [3.05, 3.63) is 0 Å². The van der Waals surface area contributed by atoms with Gasteiger partial charge in [0.25, 0.3) is 0 Å². The Morgan fingerprint density at radius 2 is 2.19 bits per heavy atom. The van der Waals surface area contributed by atoms with E-state index in [9.17, 15) is 9.59 Å². The van der Waals surface area contributed by atoms with Crippen LogP contribution in [-0.4, -0.2) is 47.3 Å². The third-order valence-corrected chi connectivity index (χ3v) is 2.66. The minimum absolute atomic E-state index is 0.0355. The van der Waals surface area contributed by atoms with Crippen LogP contribution >= 0.6 is 0 Å². The molecule has 1 aliphatic heterocycles. The van der Waals surface area contributed by atoms with E-state index in [1.54, 1.807) is 0 Å². The lowest BCUT2D eigenvalue weighted by Gasteiger charge is -2.24. The fourth-order valence-corrected chi connectivity index (χ4v) is 1.73. The van der Waals surface area contributed by atoms with Gasteiger partial charge in [-0.2, -0.15) is 0 Å². The van der Waals surface area contributed by atoms with Gasteiger partial charge < -0.3 is 20.8 Å². The molecule has 1 fully saturated rings. The van der Waals surface area contributed by atoms with Crippen LogP contribution in [0.15, 0.2) is 0 Å². The minimum atomic E-state index is -1.11. The Balaban J connectivity index is 2.43. The number of carbonyl (C=O) groups is 2. The highest BCUT2D eigenvalue weighted by Gasteiger charge is 2.25. The second kappa shape index (κ2) is 6.44. The first kappa shape index (κ1) is 12.9. The van der Waals surface area contributed by atoms with Gasteiger partial charge >= 0.3 is 5.97 Å². The molecule has 0 aliphatic carbocycles. The number of carbonyl (C=O) groups excluding carboxylic acids is 1. The molecule has 0 aromatic heterocycles. The molecule has 1 rings (SSSR count). The summed E-state index contributed by atoms with van der Waals surface area (Å²) in [7, 11) is 0. The lowest BCUT2D eigenvalue weighted by Crippen LogP contribution is -2.51. The Labute approximate surface area is 94.0 Å². The summed E-state index contributed by atoms with van der Waals surface area (Å²) in [6, 6.07) is -1.30. The van der Waals surface area contributed by atoms with Crippen LogP contribution in [0.2, 0.25) is 0 Å². The Morgan fingerprint density at radius 1 is 1.44 bits per heavy atom. The molecule has 2 atom stereocenters. The van der Waals surface area contributed by atoms with Crippen LogP contribution in [0.5, 0.6) is 0 Å². The summed E-state index contributed by atoms with van der Waals surface area (Å²) in [5, 5.41) is 22.9. The maximum atomic E-state index is 11.7. The van der Waals surface area contributed by atoms with Gasteiger partial charge in [0.1, 0.15) is 6.04 Å². The van der Waals surface area contributed by atoms with Crippen LogP contribution in [-0.2, 0) is 9.59 Å². The summed E-state index contributed by atoms with van der Waals surface area (Å²) < 4.78 is 0. The molecule has 1 aliphatic rings. The predicted molar refractivity (Wildman–Crippen MR) is 56.9 cm³/mol. The zero-order valence-electron chi connectivity index (χ0n) is 9.11. The molecular formula is C10H18N2O4. The molecule has 16 heavy (non-hydrogen) atoms. The smallest absolute Gasteiger partial charge is 0.326 e. The molecule has 0 saturated carbocycles. The molecule has 1 heterocycles. The fourth-order valence-electron chi connectivity index (χ4n) is 1.73. The first-order chi connectivity index (χ1) is 7.65. The Hall–Kier alpha value is -1.14. The van der Waals surface area contributed by atoms with Gasteiger partial charge in [0, 0.05) is 13.0 Å². The van der Waals surface area contributed by atoms with Crippen molar-refractivity contribution in [3.63, 3.8) is 0 Å². The summed E-state index contributed by atoms with van der Waals surface area (Å²) in [4.78, 5) is 22.4.